The molecule has 0 aromatic heterocycles. The van der Waals surface area contributed by atoms with Gasteiger partial charge in [0.05, 0.1) is 0 Å². The van der Waals surface area contributed by atoms with Crippen molar-refractivity contribution in [3.63, 3.8) is 0 Å². The molecule has 1 aromatic carbocycles. The van der Waals surface area contributed by atoms with Crippen LogP contribution in [0.4, 0.5) is 0 Å². The summed E-state index contributed by atoms with van der Waals surface area (Å²) in [5, 5.41) is 0.756. The fourth-order valence-electron chi connectivity index (χ4n) is 2.53. The molecular weight excluding hydrogens is 286 g/mol. The first-order valence-electron chi connectivity index (χ1n) is 5.87. The van der Waals surface area contributed by atoms with Crippen LogP contribution in [0.25, 0.3) is 0 Å². The van der Waals surface area contributed by atoms with E-state index in [1.165, 1.54) is 25.7 Å². The summed E-state index contributed by atoms with van der Waals surface area (Å²) in [5.74, 6) is 0.813. The van der Waals surface area contributed by atoms with Gasteiger partial charge in [0.1, 0.15) is 0 Å². The molecule has 88 valence electrons. The van der Waals surface area contributed by atoms with Crippen LogP contribution in [-0.4, -0.2) is 0 Å². The van der Waals surface area contributed by atoms with Crippen molar-refractivity contribution in [2.75, 3.05) is 0 Å². The van der Waals surface area contributed by atoms with Gasteiger partial charge in [-0.15, -0.1) is 0 Å². The van der Waals surface area contributed by atoms with E-state index in [-0.39, 0.29) is 6.04 Å². The molecule has 1 saturated carbocycles. The lowest BCUT2D eigenvalue weighted by atomic mass is 9.94. The molecule has 0 radical (unpaired) electrons. The van der Waals surface area contributed by atoms with Crippen molar-refractivity contribution in [1.82, 2.24) is 0 Å². The van der Waals surface area contributed by atoms with Crippen LogP contribution in [0.1, 0.15) is 43.7 Å². The molecule has 0 saturated heterocycles. The Hall–Kier alpha value is -0.0500. The fourth-order valence-corrected chi connectivity index (χ4v) is 3.42. The molecule has 16 heavy (non-hydrogen) atoms. The number of hydrogen-bond donors (Lipinski definition) is 1. The van der Waals surface area contributed by atoms with Crippen LogP contribution in [0.3, 0.4) is 0 Å². The monoisotopic (exact) mass is 301 g/mol. The van der Waals surface area contributed by atoms with Crippen LogP contribution >= 0.6 is 27.5 Å². The highest BCUT2D eigenvalue weighted by Gasteiger charge is 2.19. The van der Waals surface area contributed by atoms with Crippen molar-refractivity contribution in [2.45, 2.75) is 38.1 Å². The summed E-state index contributed by atoms with van der Waals surface area (Å²) in [6.45, 7) is 0. The first-order chi connectivity index (χ1) is 7.65. The third-order valence-electron chi connectivity index (χ3n) is 3.38. The zero-order valence-electron chi connectivity index (χ0n) is 9.26. The maximum atomic E-state index is 6.23. The first kappa shape index (κ1) is 12.4. The van der Waals surface area contributed by atoms with Crippen LogP contribution in [0.2, 0.25) is 5.02 Å². The third kappa shape index (κ3) is 3.22. The molecule has 0 spiro atoms. The first-order valence-corrected chi connectivity index (χ1v) is 7.04. The summed E-state index contributed by atoms with van der Waals surface area (Å²) in [7, 11) is 0. The SMILES string of the molecule is NC(CC1CCCC1)c1cc(Cl)cc(Br)c1. The highest BCUT2D eigenvalue weighted by molar-refractivity contribution is 9.10. The topological polar surface area (TPSA) is 26.0 Å². The molecule has 0 amide bonds. The lowest BCUT2D eigenvalue weighted by Gasteiger charge is -2.17. The molecule has 1 atom stereocenters. The van der Waals surface area contributed by atoms with Crippen molar-refractivity contribution in [3.05, 3.63) is 33.3 Å². The van der Waals surface area contributed by atoms with Gasteiger partial charge in [-0.3, -0.25) is 0 Å². The molecule has 0 heterocycles. The van der Waals surface area contributed by atoms with E-state index in [1.54, 1.807) is 0 Å². The van der Waals surface area contributed by atoms with E-state index in [1.807, 2.05) is 12.1 Å². The van der Waals surface area contributed by atoms with E-state index in [0.29, 0.717) is 0 Å². The number of nitrogens with two attached hydrogens (primary N) is 1. The van der Waals surface area contributed by atoms with Crippen molar-refractivity contribution in [3.8, 4) is 0 Å². The second-order valence-electron chi connectivity index (χ2n) is 4.70. The van der Waals surface area contributed by atoms with E-state index < -0.39 is 0 Å². The van der Waals surface area contributed by atoms with Gasteiger partial charge in [0.15, 0.2) is 0 Å². The van der Waals surface area contributed by atoms with Crippen molar-refractivity contribution in [1.29, 1.82) is 0 Å². The van der Waals surface area contributed by atoms with E-state index in [0.717, 1.165) is 27.4 Å². The van der Waals surface area contributed by atoms with Gasteiger partial charge in [-0.05, 0) is 36.1 Å². The Morgan fingerprint density at radius 1 is 1.31 bits per heavy atom. The summed E-state index contributed by atoms with van der Waals surface area (Å²) >= 11 is 9.48. The van der Waals surface area contributed by atoms with E-state index >= 15 is 0 Å². The molecule has 0 bridgehead atoms. The largest absolute Gasteiger partial charge is 0.324 e. The molecule has 3 heteroatoms. The predicted molar refractivity (Wildman–Crippen MR) is 72.7 cm³/mol. The van der Waals surface area contributed by atoms with Crippen molar-refractivity contribution >= 4 is 27.5 Å². The van der Waals surface area contributed by atoms with Gasteiger partial charge in [0, 0.05) is 15.5 Å². The Kier molecular flexibility index (Phi) is 4.28. The molecule has 1 aliphatic rings. The summed E-state index contributed by atoms with van der Waals surface area (Å²) in [6, 6.07) is 6.07. The van der Waals surface area contributed by atoms with Gasteiger partial charge < -0.3 is 5.73 Å². The van der Waals surface area contributed by atoms with Crippen molar-refractivity contribution < 1.29 is 0 Å². The minimum atomic E-state index is 0.123. The number of rotatable bonds is 3. The average molecular weight is 303 g/mol. The second-order valence-corrected chi connectivity index (χ2v) is 6.05. The van der Waals surface area contributed by atoms with Crippen LogP contribution in [-0.2, 0) is 0 Å². The molecule has 1 fully saturated rings. The Morgan fingerprint density at radius 3 is 2.62 bits per heavy atom. The number of benzene rings is 1. The summed E-state index contributed by atoms with van der Waals surface area (Å²) in [4.78, 5) is 0. The fraction of sp³-hybridized carbons (Fsp3) is 0.538. The molecule has 1 nitrogen and oxygen atoms in total. The maximum Gasteiger partial charge on any atom is 0.0420 e. The normalized spacial score (nSPS) is 18.9. The lowest BCUT2D eigenvalue weighted by molar-refractivity contribution is 0.451. The highest BCUT2D eigenvalue weighted by atomic mass is 79.9. The molecule has 1 unspecified atom stereocenters. The number of halogens is 2. The van der Waals surface area contributed by atoms with Gasteiger partial charge in [0.2, 0.25) is 0 Å². The van der Waals surface area contributed by atoms with Gasteiger partial charge in [0.25, 0.3) is 0 Å². The molecule has 1 aliphatic carbocycles. The van der Waals surface area contributed by atoms with Gasteiger partial charge in [-0.25, -0.2) is 0 Å². The van der Waals surface area contributed by atoms with Crippen LogP contribution < -0.4 is 5.73 Å². The van der Waals surface area contributed by atoms with Crippen LogP contribution in [0, 0.1) is 5.92 Å². The second kappa shape index (κ2) is 5.52. The van der Waals surface area contributed by atoms with Gasteiger partial charge in [-0.2, -0.15) is 0 Å². The smallest absolute Gasteiger partial charge is 0.0420 e. The van der Waals surface area contributed by atoms with E-state index in [2.05, 4.69) is 22.0 Å². The minimum absolute atomic E-state index is 0.123. The van der Waals surface area contributed by atoms with Crippen molar-refractivity contribution in [2.24, 2.45) is 11.7 Å². The highest BCUT2D eigenvalue weighted by Crippen LogP contribution is 2.33. The number of hydrogen-bond acceptors (Lipinski definition) is 1. The molecular formula is C13H17BrClN. The molecule has 2 N–H and O–H groups in total. The van der Waals surface area contributed by atoms with Crippen LogP contribution in [0.5, 0.6) is 0 Å². The Bertz CT molecular complexity index is 341. The van der Waals surface area contributed by atoms with Gasteiger partial charge in [-0.1, -0.05) is 53.2 Å². The maximum absolute atomic E-state index is 6.23. The third-order valence-corrected chi connectivity index (χ3v) is 4.05. The summed E-state index contributed by atoms with van der Waals surface area (Å²) in [5.41, 5.74) is 7.38. The average Bonchev–Trinajstić information content (AvgIpc) is 2.68. The predicted octanol–water partition coefficient (Wildman–Crippen LogP) is 4.68. The van der Waals surface area contributed by atoms with Gasteiger partial charge >= 0.3 is 0 Å². The zero-order chi connectivity index (χ0) is 11.5. The Morgan fingerprint density at radius 2 is 2.00 bits per heavy atom. The summed E-state index contributed by atoms with van der Waals surface area (Å²) in [6.07, 6.45) is 6.52. The lowest BCUT2D eigenvalue weighted by Crippen LogP contribution is -2.14. The summed E-state index contributed by atoms with van der Waals surface area (Å²) < 4.78 is 1.01. The van der Waals surface area contributed by atoms with Crippen LogP contribution in [0.15, 0.2) is 22.7 Å². The molecule has 0 aliphatic heterocycles. The zero-order valence-corrected chi connectivity index (χ0v) is 11.6. The van der Waals surface area contributed by atoms with E-state index in [9.17, 15) is 0 Å². The molecule has 2 rings (SSSR count). The van der Waals surface area contributed by atoms with E-state index in [4.69, 9.17) is 17.3 Å². The quantitative estimate of drug-likeness (QED) is 0.862. The minimum Gasteiger partial charge on any atom is -0.324 e. The Labute approximate surface area is 110 Å². The standard InChI is InChI=1S/C13H17BrClN/c14-11-6-10(7-12(15)8-11)13(16)5-9-3-1-2-4-9/h6-9,13H,1-5,16H2. The molecule has 1 aromatic rings. The Balaban J connectivity index is 2.04.